The lowest BCUT2D eigenvalue weighted by atomic mass is 10.2. The molecule has 0 aliphatic heterocycles. The second-order valence-electron chi connectivity index (χ2n) is 5.36. The van der Waals surface area contributed by atoms with Crippen molar-refractivity contribution in [3.8, 4) is 0 Å². The first kappa shape index (κ1) is 16.4. The number of nitrogens with one attached hydrogen (secondary N) is 1. The molecule has 1 heterocycles. The third-order valence-electron chi connectivity index (χ3n) is 2.84. The Hall–Kier alpha value is -1.65. The molecule has 0 aromatic carbocycles. The lowest BCUT2D eigenvalue weighted by Gasteiger charge is -2.21. The predicted molar refractivity (Wildman–Crippen MR) is 82.0 cm³/mol. The molecular formula is C15H26N4O. The Morgan fingerprint density at radius 3 is 2.20 bits per heavy atom. The van der Waals surface area contributed by atoms with Crippen LogP contribution in [0.25, 0.3) is 0 Å². The normalized spacial score (nSPS) is 10.7. The molecule has 1 N–H and O–H groups in total. The zero-order valence-electron chi connectivity index (χ0n) is 13.0. The lowest BCUT2D eigenvalue weighted by molar-refractivity contribution is 0.0948. The molecule has 0 spiro atoms. The van der Waals surface area contributed by atoms with Gasteiger partial charge in [0.1, 0.15) is 0 Å². The van der Waals surface area contributed by atoms with Crippen LogP contribution in [0.2, 0.25) is 0 Å². The Bertz CT molecular complexity index is 397. The van der Waals surface area contributed by atoms with Gasteiger partial charge >= 0.3 is 0 Å². The van der Waals surface area contributed by atoms with Gasteiger partial charge in [0.25, 0.3) is 5.91 Å². The Morgan fingerprint density at radius 2 is 1.75 bits per heavy atom. The molecular weight excluding hydrogens is 252 g/mol. The van der Waals surface area contributed by atoms with Gasteiger partial charge in [-0.3, -0.25) is 4.79 Å². The molecule has 112 valence electrons. The van der Waals surface area contributed by atoms with Gasteiger partial charge < -0.3 is 10.2 Å². The van der Waals surface area contributed by atoms with Crippen LogP contribution in [0, 0.1) is 5.92 Å². The molecule has 0 aliphatic rings. The third kappa shape index (κ3) is 5.15. The van der Waals surface area contributed by atoms with Crippen LogP contribution in [-0.2, 0) is 0 Å². The number of amides is 1. The zero-order valence-corrected chi connectivity index (χ0v) is 13.0. The summed E-state index contributed by atoms with van der Waals surface area (Å²) in [5.41, 5.74) is 0.516. The molecule has 0 aliphatic carbocycles. The molecule has 0 bridgehead atoms. The number of nitrogens with zero attached hydrogens (tertiary/aromatic N) is 3. The van der Waals surface area contributed by atoms with Gasteiger partial charge in [-0.25, -0.2) is 9.97 Å². The molecule has 0 saturated carbocycles. The van der Waals surface area contributed by atoms with E-state index < -0.39 is 0 Å². The first-order chi connectivity index (χ1) is 9.58. The van der Waals surface area contributed by atoms with E-state index in [9.17, 15) is 4.79 Å². The van der Waals surface area contributed by atoms with E-state index in [2.05, 4.69) is 47.9 Å². The monoisotopic (exact) mass is 278 g/mol. The summed E-state index contributed by atoms with van der Waals surface area (Å²) in [4.78, 5) is 22.7. The Kier molecular flexibility index (Phi) is 6.98. The summed E-state index contributed by atoms with van der Waals surface area (Å²) in [6, 6.07) is 0. The van der Waals surface area contributed by atoms with Crippen molar-refractivity contribution in [2.24, 2.45) is 5.92 Å². The van der Waals surface area contributed by atoms with Crippen molar-refractivity contribution in [2.45, 2.75) is 40.5 Å². The SMILES string of the molecule is CCCN(CCC)c1ncc(C(=O)NCC(C)C)cn1. The van der Waals surface area contributed by atoms with Gasteiger partial charge in [0.2, 0.25) is 5.95 Å². The molecule has 5 heteroatoms. The molecule has 0 radical (unpaired) electrons. The number of anilines is 1. The average molecular weight is 278 g/mol. The summed E-state index contributed by atoms with van der Waals surface area (Å²) < 4.78 is 0. The summed E-state index contributed by atoms with van der Waals surface area (Å²) in [6.45, 7) is 10.9. The molecule has 1 aromatic rings. The summed E-state index contributed by atoms with van der Waals surface area (Å²) >= 11 is 0. The highest BCUT2D eigenvalue weighted by Crippen LogP contribution is 2.08. The molecule has 0 atom stereocenters. The first-order valence-corrected chi connectivity index (χ1v) is 7.43. The van der Waals surface area contributed by atoms with Crippen LogP contribution in [-0.4, -0.2) is 35.5 Å². The van der Waals surface area contributed by atoms with Gasteiger partial charge in [-0.05, 0) is 18.8 Å². The summed E-state index contributed by atoms with van der Waals surface area (Å²) in [7, 11) is 0. The van der Waals surface area contributed by atoms with E-state index in [0.717, 1.165) is 25.9 Å². The highest BCUT2D eigenvalue weighted by atomic mass is 16.1. The van der Waals surface area contributed by atoms with E-state index in [1.165, 1.54) is 0 Å². The maximum absolute atomic E-state index is 11.9. The summed E-state index contributed by atoms with van der Waals surface area (Å²) in [5.74, 6) is 1.03. The minimum atomic E-state index is -0.109. The van der Waals surface area contributed by atoms with E-state index in [1.807, 2.05) is 0 Å². The van der Waals surface area contributed by atoms with Crippen LogP contribution >= 0.6 is 0 Å². The predicted octanol–water partition coefficient (Wildman–Crippen LogP) is 2.49. The second-order valence-corrected chi connectivity index (χ2v) is 5.36. The number of carbonyl (C=O) groups excluding carboxylic acids is 1. The molecule has 1 amide bonds. The number of carbonyl (C=O) groups is 1. The van der Waals surface area contributed by atoms with E-state index in [4.69, 9.17) is 0 Å². The fraction of sp³-hybridized carbons (Fsp3) is 0.667. The van der Waals surface area contributed by atoms with Crippen molar-refractivity contribution in [2.75, 3.05) is 24.5 Å². The minimum Gasteiger partial charge on any atom is -0.352 e. The average Bonchev–Trinajstić information content (AvgIpc) is 2.44. The van der Waals surface area contributed by atoms with Crippen LogP contribution in [0.4, 0.5) is 5.95 Å². The number of aromatic nitrogens is 2. The van der Waals surface area contributed by atoms with Crippen molar-refractivity contribution < 1.29 is 4.79 Å². The standard InChI is InChI=1S/C15H26N4O/c1-5-7-19(8-6-2)15-17-10-13(11-18-15)14(20)16-9-12(3)4/h10-12H,5-9H2,1-4H3,(H,16,20). The van der Waals surface area contributed by atoms with Crippen molar-refractivity contribution in [3.05, 3.63) is 18.0 Å². The van der Waals surface area contributed by atoms with Gasteiger partial charge in [0.05, 0.1) is 5.56 Å². The van der Waals surface area contributed by atoms with Crippen LogP contribution < -0.4 is 10.2 Å². The van der Waals surface area contributed by atoms with Crippen molar-refractivity contribution in [1.29, 1.82) is 0 Å². The maximum atomic E-state index is 11.9. The molecule has 1 aromatic heterocycles. The van der Waals surface area contributed by atoms with Gasteiger partial charge in [-0.1, -0.05) is 27.7 Å². The van der Waals surface area contributed by atoms with Gasteiger partial charge in [0, 0.05) is 32.0 Å². The Balaban J connectivity index is 2.69. The third-order valence-corrected chi connectivity index (χ3v) is 2.84. The zero-order chi connectivity index (χ0) is 15.0. The van der Waals surface area contributed by atoms with Crippen LogP contribution in [0.1, 0.15) is 50.9 Å². The minimum absolute atomic E-state index is 0.109. The van der Waals surface area contributed by atoms with Gasteiger partial charge in [0.15, 0.2) is 0 Å². The van der Waals surface area contributed by atoms with E-state index in [1.54, 1.807) is 12.4 Å². The van der Waals surface area contributed by atoms with Crippen LogP contribution in [0.5, 0.6) is 0 Å². The fourth-order valence-corrected chi connectivity index (χ4v) is 1.85. The van der Waals surface area contributed by atoms with Gasteiger partial charge in [-0.15, -0.1) is 0 Å². The Labute approximate surface area is 121 Å². The molecule has 20 heavy (non-hydrogen) atoms. The fourth-order valence-electron chi connectivity index (χ4n) is 1.85. The first-order valence-electron chi connectivity index (χ1n) is 7.43. The van der Waals surface area contributed by atoms with E-state index in [-0.39, 0.29) is 5.91 Å². The number of hydrogen-bond donors (Lipinski definition) is 1. The molecule has 0 fully saturated rings. The van der Waals surface area contributed by atoms with Crippen LogP contribution in [0.15, 0.2) is 12.4 Å². The number of rotatable bonds is 8. The van der Waals surface area contributed by atoms with Gasteiger partial charge in [-0.2, -0.15) is 0 Å². The lowest BCUT2D eigenvalue weighted by Crippen LogP contribution is -2.29. The molecule has 1 rings (SSSR count). The largest absolute Gasteiger partial charge is 0.352 e. The highest BCUT2D eigenvalue weighted by molar-refractivity contribution is 5.93. The molecule has 5 nitrogen and oxygen atoms in total. The van der Waals surface area contributed by atoms with Crippen molar-refractivity contribution >= 4 is 11.9 Å². The van der Waals surface area contributed by atoms with Crippen molar-refractivity contribution in [3.63, 3.8) is 0 Å². The van der Waals surface area contributed by atoms with E-state index >= 15 is 0 Å². The summed E-state index contributed by atoms with van der Waals surface area (Å²) in [5, 5.41) is 2.86. The maximum Gasteiger partial charge on any atom is 0.254 e. The van der Waals surface area contributed by atoms with E-state index in [0.29, 0.717) is 24.0 Å². The summed E-state index contributed by atoms with van der Waals surface area (Å²) in [6.07, 6.45) is 5.33. The van der Waals surface area contributed by atoms with Crippen molar-refractivity contribution in [1.82, 2.24) is 15.3 Å². The highest BCUT2D eigenvalue weighted by Gasteiger charge is 2.10. The number of hydrogen-bond acceptors (Lipinski definition) is 4. The molecule has 0 saturated heterocycles. The topological polar surface area (TPSA) is 58.1 Å². The second kappa shape index (κ2) is 8.51. The Morgan fingerprint density at radius 1 is 1.20 bits per heavy atom. The smallest absolute Gasteiger partial charge is 0.254 e. The van der Waals surface area contributed by atoms with Crippen LogP contribution in [0.3, 0.4) is 0 Å². The quantitative estimate of drug-likeness (QED) is 0.793. The molecule has 0 unspecified atom stereocenters.